The number of hydrogen-bond donors (Lipinski definition) is 1. The van der Waals surface area contributed by atoms with E-state index < -0.39 is 0 Å². The average molecular weight is 247 g/mol. The molecule has 0 bridgehead atoms. The van der Waals surface area contributed by atoms with E-state index >= 15 is 0 Å². The fourth-order valence-corrected chi connectivity index (χ4v) is 1.44. The van der Waals surface area contributed by atoms with Crippen molar-refractivity contribution in [2.45, 2.75) is 13.8 Å². The number of aromatic nitrogens is 2. The van der Waals surface area contributed by atoms with Crippen LogP contribution in [0.15, 0.2) is 28.8 Å². The highest BCUT2D eigenvalue weighted by atomic mass is 16.5. The molecule has 1 heterocycles. The molecule has 0 spiro atoms. The summed E-state index contributed by atoms with van der Waals surface area (Å²) in [6, 6.07) is 7.50. The van der Waals surface area contributed by atoms with Crippen molar-refractivity contribution in [3.63, 3.8) is 0 Å². The molecule has 1 N–H and O–H groups in total. The highest BCUT2D eigenvalue weighted by Crippen LogP contribution is 2.21. The van der Waals surface area contributed by atoms with Crippen molar-refractivity contribution in [1.29, 1.82) is 0 Å². The Balaban J connectivity index is 2.08. The van der Waals surface area contributed by atoms with Gasteiger partial charge in [0, 0.05) is 12.1 Å². The lowest BCUT2D eigenvalue weighted by Crippen LogP contribution is -2.08. The predicted molar refractivity (Wildman–Crippen MR) is 69.6 cm³/mol. The van der Waals surface area contributed by atoms with Crippen LogP contribution in [-0.2, 0) is 0 Å². The molecule has 18 heavy (non-hydrogen) atoms. The number of anilines is 1. The van der Waals surface area contributed by atoms with E-state index in [1.807, 2.05) is 24.3 Å². The lowest BCUT2D eigenvalue weighted by molar-refractivity contribution is 0.414. The van der Waals surface area contributed by atoms with E-state index in [0.717, 1.165) is 17.9 Å². The molecule has 0 aliphatic rings. The van der Waals surface area contributed by atoms with Crippen LogP contribution in [0.25, 0.3) is 11.5 Å². The molecule has 0 aliphatic heterocycles. The SMILES string of the molecule is COc1ccc(-c2nc(NCC(C)C)no2)cc1. The molecule has 0 unspecified atom stereocenters. The van der Waals surface area contributed by atoms with Gasteiger partial charge in [0.15, 0.2) is 0 Å². The van der Waals surface area contributed by atoms with Crippen molar-refractivity contribution in [2.24, 2.45) is 5.92 Å². The Kier molecular flexibility index (Phi) is 3.82. The van der Waals surface area contributed by atoms with Gasteiger partial charge < -0.3 is 14.6 Å². The van der Waals surface area contributed by atoms with Crippen molar-refractivity contribution in [3.8, 4) is 17.2 Å². The van der Waals surface area contributed by atoms with Crippen molar-refractivity contribution in [1.82, 2.24) is 10.1 Å². The maximum Gasteiger partial charge on any atom is 0.263 e. The Bertz CT molecular complexity index is 491. The summed E-state index contributed by atoms with van der Waals surface area (Å²) in [6.45, 7) is 5.07. The van der Waals surface area contributed by atoms with Crippen LogP contribution in [0.4, 0.5) is 5.95 Å². The van der Waals surface area contributed by atoms with Gasteiger partial charge in [-0.25, -0.2) is 0 Å². The highest BCUT2D eigenvalue weighted by Gasteiger charge is 2.08. The van der Waals surface area contributed by atoms with Crippen LogP contribution in [0.2, 0.25) is 0 Å². The van der Waals surface area contributed by atoms with Crippen molar-refractivity contribution < 1.29 is 9.26 Å². The van der Waals surface area contributed by atoms with Gasteiger partial charge in [-0.1, -0.05) is 13.8 Å². The first-order valence-electron chi connectivity index (χ1n) is 5.91. The molecule has 1 aromatic carbocycles. The molecule has 2 aromatic rings. The van der Waals surface area contributed by atoms with Crippen LogP contribution in [-0.4, -0.2) is 23.8 Å². The number of rotatable bonds is 5. The smallest absolute Gasteiger partial charge is 0.263 e. The Morgan fingerprint density at radius 1 is 1.28 bits per heavy atom. The van der Waals surface area contributed by atoms with Crippen LogP contribution >= 0.6 is 0 Å². The van der Waals surface area contributed by atoms with Crippen molar-refractivity contribution in [3.05, 3.63) is 24.3 Å². The fraction of sp³-hybridized carbons (Fsp3) is 0.385. The standard InChI is InChI=1S/C13H17N3O2/c1-9(2)8-14-13-15-12(18-16-13)10-4-6-11(17-3)7-5-10/h4-7,9H,8H2,1-3H3,(H,14,16). The fourth-order valence-electron chi connectivity index (χ4n) is 1.44. The zero-order valence-electron chi connectivity index (χ0n) is 10.8. The van der Waals surface area contributed by atoms with Crippen LogP contribution in [0.1, 0.15) is 13.8 Å². The first kappa shape index (κ1) is 12.4. The van der Waals surface area contributed by atoms with Gasteiger partial charge in [-0.15, -0.1) is 0 Å². The molecule has 0 saturated heterocycles. The quantitative estimate of drug-likeness (QED) is 0.880. The first-order chi connectivity index (χ1) is 8.69. The summed E-state index contributed by atoms with van der Waals surface area (Å²) in [5.74, 6) is 2.36. The van der Waals surface area contributed by atoms with E-state index in [-0.39, 0.29) is 0 Å². The molecule has 1 aromatic heterocycles. The molecule has 5 heteroatoms. The van der Waals surface area contributed by atoms with Gasteiger partial charge in [-0.2, -0.15) is 4.98 Å². The Morgan fingerprint density at radius 2 is 2.00 bits per heavy atom. The normalized spacial score (nSPS) is 10.7. The first-order valence-corrected chi connectivity index (χ1v) is 5.91. The van der Waals surface area contributed by atoms with Crippen LogP contribution in [0.5, 0.6) is 5.75 Å². The van der Waals surface area contributed by atoms with Gasteiger partial charge in [0.1, 0.15) is 5.75 Å². The molecule has 0 aliphatic carbocycles. The number of ether oxygens (including phenoxy) is 1. The van der Waals surface area contributed by atoms with Gasteiger partial charge in [0.2, 0.25) is 0 Å². The lowest BCUT2D eigenvalue weighted by Gasteiger charge is -2.02. The van der Waals surface area contributed by atoms with Crippen molar-refractivity contribution >= 4 is 5.95 Å². The third-order valence-corrected chi connectivity index (χ3v) is 2.43. The number of methoxy groups -OCH3 is 1. The van der Waals surface area contributed by atoms with E-state index in [1.54, 1.807) is 7.11 Å². The second-order valence-corrected chi connectivity index (χ2v) is 4.43. The average Bonchev–Trinajstić information content (AvgIpc) is 2.85. The van der Waals surface area contributed by atoms with E-state index in [1.165, 1.54) is 0 Å². The molecular weight excluding hydrogens is 230 g/mol. The van der Waals surface area contributed by atoms with Crippen molar-refractivity contribution in [2.75, 3.05) is 19.0 Å². The zero-order valence-corrected chi connectivity index (χ0v) is 10.8. The van der Waals surface area contributed by atoms with E-state index in [2.05, 4.69) is 29.3 Å². The molecule has 5 nitrogen and oxygen atoms in total. The van der Waals surface area contributed by atoms with E-state index in [9.17, 15) is 0 Å². The number of hydrogen-bond acceptors (Lipinski definition) is 5. The van der Waals surface area contributed by atoms with Gasteiger partial charge in [-0.05, 0) is 35.3 Å². The van der Waals surface area contributed by atoms with Crippen LogP contribution in [0, 0.1) is 5.92 Å². The highest BCUT2D eigenvalue weighted by molar-refractivity contribution is 5.55. The maximum atomic E-state index is 5.19. The summed E-state index contributed by atoms with van der Waals surface area (Å²) in [5.41, 5.74) is 0.876. The van der Waals surface area contributed by atoms with E-state index in [4.69, 9.17) is 9.26 Å². The summed E-state index contributed by atoms with van der Waals surface area (Å²) >= 11 is 0. The van der Waals surface area contributed by atoms with E-state index in [0.29, 0.717) is 17.8 Å². The summed E-state index contributed by atoms with van der Waals surface area (Å²) in [4.78, 5) is 4.28. The number of nitrogens with zero attached hydrogens (tertiary/aromatic N) is 2. The molecule has 2 rings (SSSR count). The minimum atomic E-state index is 0.504. The largest absolute Gasteiger partial charge is 0.497 e. The molecule has 96 valence electrons. The topological polar surface area (TPSA) is 60.2 Å². The van der Waals surface area contributed by atoms with Crippen LogP contribution in [0.3, 0.4) is 0 Å². The Morgan fingerprint density at radius 3 is 2.61 bits per heavy atom. The summed E-state index contributed by atoms with van der Waals surface area (Å²) < 4.78 is 10.3. The third-order valence-electron chi connectivity index (χ3n) is 2.43. The Hall–Kier alpha value is -2.04. The minimum absolute atomic E-state index is 0.504. The number of benzene rings is 1. The minimum Gasteiger partial charge on any atom is -0.497 e. The van der Waals surface area contributed by atoms with Gasteiger partial charge in [-0.3, -0.25) is 0 Å². The van der Waals surface area contributed by atoms with Gasteiger partial charge in [0.05, 0.1) is 7.11 Å². The second-order valence-electron chi connectivity index (χ2n) is 4.43. The zero-order chi connectivity index (χ0) is 13.0. The molecular formula is C13H17N3O2. The predicted octanol–water partition coefficient (Wildman–Crippen LogP) is 2.81. The summed E-state index contributed by atoms with van der Waals surface area (Å²) in [7, 11) is 1.63. The number of nitrogens with one attached hydrogen (secondary N) is 1. The molecule has 0 amide bonds. The van der Waals surface area contributed by atoms with Gasteiger partial charge in [0.25, 0.3) is 11.8 Å². The summed E-state index contributed by atoms with van der Waals surface area (Å²) in [6.07, 6.45) is 0. The Labute approximate surface area is 106 Å². The molecule has 0 radical (unpaired) electrons. The summed E-state index contributed by atoms with van der Waals surface area (Å²) in [5, 5.41) is 6.99. The molecule has 0 saturated carbocycles. The van der Waals surface area contributed by atoms with Gasteiger partial charge >= 0.3 is 0 Å². The monoisotopic (exact) mass is 247 g/mol. The second kappa shape index (κ2) is 5.53. The third kappa shape index (κ3) is 3.00. The van der Waals surface area contributed by atoms with Crippen LogP contribution < -0.4 is 10.1 Å². The maximum absolute atomic E-state index is 5.19. The molecule has 0 atom stereocenters. The molecule has 0 fully saturated rings. The lowest BCUT2D eigenvalue weighted by atomic mass is 10.2.